The van der Waals surface area contributed by atoms with Crippen LogP contribution in [0.25, 0.3) is 12.2 Å². The van der Waals surface area contributed by atoms with E-state index in [9.17, 15) is 14.9 Å². The van der Waals surface area contributed by atoms with E-state index in [-0.39, 0.29) is 5.75 Å². The Labute approximate surface area is 145 Å². The Morgan fingerprint density at radius 2 is 1.72 bits per heavy atom. The largest absolute Gasteiger partial charge is 0.493 e. The van der Waals surface area contributed by atoms with Crippen molar-refractivity contribution in [2.45, 2.75) is 6.92 Å². The van der Waals surface area contributed by atoms with Gasteiger partial charge < -0.3 is 9.47 Å². The Hall–Kier alpha value is -3.41. The maximum absolute atomic E-state index is 12.0. The van der Waals surface area contributed by atoms with Crippen LogP contribution in [0.1, 0.15) is 16.7 Å². The number of hydrogen-bond acceptors (Lipinski definition) is 5. The van der Waals surface area contributed by atoms with Crippen LogP contribution < -0.4 is 9.47 Å². The average Bonchev–Trinajstić information content (AvgIpc) is 2.60. The van der Waals surface area contributed by atoms with Crippen molar-refractivity contribution >= 4 is 18.1 Å². The van der Waals surface area contributed by atoms with Gasteiger partial charge in [0.15, 0.2) is 11.5 Å². The van der Waals surface area contributed by atoms with E-state index in [2.05, 4.69) is 0 Å². The summed E-state index contributed by atoms with van der Waals surface area (Å²) in [6.45, 7) is 1.98. The number of nitro groups is 1. The van der Waals surface area contributed by atoms with Crippen LogP contribution in [0.2, 0.25) is 0 Å². The van der Waals surface area contributed by atoms with Crippen molar-refractivity contribution in [1.82, 2.24) is 0 Å². The van der Waals surface area contributed by atoms with Crippen LogP contribution in [0, 0.1) is 17.0 Å². The number of methoxy groups -OCH3 is 1. The number of rotatable bonds is 6. The first-order valence-corrected chi connectivity index (χ1v) is 7.44. The molecule has 0 amide bonds. The molecule has 0 aliphatic carbocycles. The standard InChI is InChI=1S/C19H17NO5/c1-14-3-5-15(6-4-14)8-10-19(21)25-17-9-7-16(11-12-20(22)23)13-18(17)24-2/h3-13H,1-2H3/b10-8+,12-11+. The highest BCUT2D eigenvalue weighted by molar-refractivity contribution is 5.89. The lowest BCUT2D eigenvalue weighted by Gasteiger charge is -2.08. The molecule has 0 saturated heterocycles. The number of benzene rings is 2. The van der Waals surface area contributed by atoms with E-state index in [1.54, 1.807) is 18.2 Å². The number of carbonyl (C=O) groups is 1. The number of ether oxygens (including phenoxy) is 2. The van der Waals surface area contributed by atoms with E-state index in [1.807, 2.05) is 31.2 Å². The lowest BCUT2D eigenvalue weighted by Crippen LogP contribution is -2.05. The smallest absolute Gasteiger partial charge is 0.336 e. The van der Waals surface area contributed by atoms with Crippen molar-refractivity contribution in [3.63, 3.8) is 0 Å². The third-order valence-corrected chi connectivity index (χ3v) is 3.28. The molecule has 0 heterocycles. The lowest BCUT2D eigenvalue weighted by atomic mass is 10.1. The first kappa shape index (κ1) is 17.9. The Morgan fingerprint density at radius 3 is 2.36 bits per heavy atom. The molecule has 0 fully saturated rings. The molecule has 0 unspecified atom stereocenters. The van der Waals surface area contributed by atoms with Crippen molar-refractivity contribution in [3.8, 4) is 11.5 Å². The van der Waals surface area contributed by atoms with Gasteiger partial charge in [0.1, 0.15) is 0 Å². The SMILES string of the molecule is COc1cc(/C=C/[N+](=O)[O-])ccc1OC(=O)/C=C/c1ccc(C)cc1. The van der Waals surface area contributed by atoms with E-state index in [4.69, 9.17) is 9.47 Å². The fraction of sp³-hybridized carbons (Fsp3) is 0.105. The van der Waals surface area contributed by atoms with Crippen molar-refractivity contribution in [3.05, 3.63) is 81.5 Å². The van der Waals surface area contributed by atoms with Crippen molar-refractivity contribution in [1.29, 1.82) is 0 Å². The summed E-state index contributed by atoms with van der Waals surface area (Å²) in [6, 6.07) is 12.4. The maximum Gasteiger partial charge on any atom is 0.336 e. The van der Waals surface area contributed by atoms with Gasteiger partial charge in [-0.1, -0.05) is 35.9 Å². The van der Waals surface area contributed by atoms with Gasteiger partial charge in [-0.25, -0.2) is 4.79 Å². The van der Waals surface area contributed by atoms with Gasteiger partial charge in [0.2, 0.25) is 6.20 Å². The molecule has 2 rings (SSSR count). The Morgan fingerprint density at radius 1 is 1.04 bits per heavy atom. The van der Waals surface area contributed by atoms with Gasteiger partial charge in [0.05, 0.1) is 12.0 Å². The van der Waals surface area contributed by atoms with Crippen LogP contribution in [0.5, 0.6) is 11.5 Å². The van der Waals surface area contributed by atoms with Gasteiger partial charge in [-0.15, -0.1) is 0 Å². The van der Waals surface area contributed by atoms with Crippen LogP contribution in [0.4, 0.5) is 0 Å². The predicted molar refractivity (Wildman–Crippen MR) is 94.9 cm³/mol. The average molecular weight is 339 g/mol. The van der Waals surface area contributed by atoms with Gasteiger partial charge in [-0.2, -0.15) is 0 Å². The first-order valence-electron chi connectivity index (χ1n) is 7.44. The topological polar surface area (TPSA) is 78.7 Å². The number of aryl methyl sites for hydroxylation is 1. The molecule has 0 saturated carbocycles. The van der Waals surface area contributed by atoms with Crippen molar-refractivity contribution in [2.75, 3.05) is 7.11 Å². The minimum Gasteiger partial charge on any atom is -0.493 e. The van der Waals surface area contributed by atoms with E-state index < -0.39 is 10.9 Å². The minimum atomic E-state index is -0.559. The Kier molecular flexibility index (Phi) is 6.06. The van der Waals surface area contributed by atoms with Crippen LogP contribution in [-0.2, 0) is 4.79 Å². The highest BCUT2D eigenvalue weighted by Crippen LogP contribution is 2.28. The van der Waals surface area contributed by atoms with E-state index >= 15 is 0 Å². The van der Waals surface area contributed by atoms with E-state index in [0.717, 1.165) is 17.3 Å². The molecule has 6 heteroatoms. The third-order valence-electron chi connectivity index (χ3n) is 3.28. The second-order valence-corrected chi connectivity index (χ2v) is 5.18. The van der Waals surface area contributed by atoms with Crippen LogP contribution in [0.15, 0.2) is 54.7 Å². The van der Waals surface area contributed by atoms with Crippen LogP contribution in [-0.4, -0.2) is 18.0 Å². The van der Waals surface area contributed by atoms with E-state index in [1.165, 1.54) is 25.3 Å². The van der Waals surface area contributed by atoms with Gasteiger partial charge >= 0.3 is 5.97 Å². The van der Waals surface area contributed by atoms with Gasteiger partial charge in [0.25, 0.3) is 0 Å². The molecule has 25 heavy (non-hydrogen) atoms. The molecule has 0 aliphatic rings. The summed E-state index contributed by atoms with van der Waals surface area (Å²) in [5.41, 5.74) is 2.58. The summed E-state index contributed by atoms with van der Waals surface area (Å²) >= 11 is 0. The predicted octanol–water partition coefficient (Wildman–Crippen LogP) is 3.87. The molecule has 2 aromatic rings. The number of esters is 1. The van der Waals surface area contributed by atoms with Crippen molar-refractivity contribution in [2.24, 2.45) is 0 Å². The quantitative estimate of drug-likeness (QED) is 0.262. The fourth-order valence-corrected chi connectivity index (χ4v) is 2.00. The van der Waals surface area contributed by atoms with Gasteiger partial charge in [-0.3, -0.25) is 10.1 Å². The fourth-order valence-electron chi connectivity index (χ4n) is 2.00. The first-order chi connectivity index (χ1) is 12.0. The van der Waals surface area contributed by atoms with Crippen LogP contribution in [0.3, 0.4) is 0 Å². The summed E-state index contributed by atoms with van der Waals surface area (Å²) in [5, 5.41) is 10.4. The van der Waals surface area contributed by atoms with Crippen molar-refractivity contribution < 1.29 is 19.2 Å². The highest BCUT2D eigenvalue weighted by atomic mass is 16.6. The Bertz CT molecular complexity index is 822. The summed E-state index contributed by atoms with van der Waals surface area (Å²) in [7, 11) is 1.43. The zero-order valence-electron chi connectivity index (χ0n) is 13.8. The summed E-state index contributed by atoms with van der Waals surface area (Å²) < 4.78 is 10.4. The molecule has 0 aromatic heterocycles. The maximum atomic E-state index is 12.0. The second kappa shape index (κ2) is 8.44. The number of nitrogens with zero attached hydrogens (tertiary/aromatic N) is 1. The zero-order valence-corrected chi connectivity index (χ0v) is 13.8. The molecule has 0 aliphatic heterocycles. The monoisotopic (exact) mass is 339 g/mol. The lowest BCUT2D eigenvalue weighted by molar-refractivity contribution is -0.400. The third kappa shape index (κ3) is 5.62. The number of hydrogen-bond donors (Lipinski definition) is 0. The highest BCUT2D eigenvalue weighted by Gasteiger charge is 2.08. The van der Waals surface area contributed by atoms with Gasteiger partial charge in [0, 0.05) is 12.2 Å². The Balaban J connectivity index is 2.09. The molecule has 2 aromatic carbocycles. The normalized spacial score (nSPS) is 11.0. The minimum absolute atomic E-state index is 0.235. The summed E-state index contributed by atoms with van der Waals surface area (Å²) in [6.07, 6.45) is 5.13. The molecule has 0 N–H and O–H groups in total. The molecule has 0 bridgehead atoms. The van der Waals surface area contributed by atoms with Gasteiger partial charge in [-0.05, 0) is 36.3 Å². The second-order valence-electron chi connectivity index (χ2n) is 5.18. The molecule has 0 radical (unpaired) electrons. The summed E-state index contributed by atoms with van der Waals surface area (Å²) in [4.78, 5) is 21.8. The summed E-state index contributed by atoms with van der Waals surface area (Å²) in [5.74, 6) is -0.00523. The molecule has 128 valence electrons. The molecule has 6 nitrogen and oxygen atoms in total. The van der Waals surface area contributed by atoms with Crippen LogP contribution >= 0.6 is 0 Å². The molecular formula is C19H17NO5. The van der Waals surface area contributed by atoms with E-state index in [0.29, 0.717) is 11.3 Å². The molecule has 0 atom stereocenters. The molecule has 0 spiro atoms. The number of carbonyl (C=O) groups excluding carboxylic acids is 1. The zero-order chi connectivity index (χ0) is 18.2. The molecular weight excluding hydrogens is 322 g/mol.